The normalized spacial score (nSPS) is 12.0. The molecular formula is C20H16FN3O4S. The molecule has 0 aliphatic carbocycles. The van der Waals surface area contributed by atoms with Gasteiger partial charge in [-0.25, -0.2) is 17.6 Å². The van der Waals surface area contributed by atoms with Crippen molar-refractivity contribution in [2.45, 2.75) is 11.4 Å². The van der Waals surface area contributed by atoms with E-state index in [2.05, 4.69) is 10.2 Å². The third-order valence-electron chi connectivity index (χ3n) is 4.54. The van der Waals surface area contributed by atoms with Crippen molar-refractivity contribution in [1.82, 2.24) is 14.5 Å². The van der Waals surface area contributed by atoms with Gasteiger partial charge in [0.15, 0.2) is 0 Å². The van der Waals surface area contributed by atoms with E-state index < -0.39 is 15.6 Å². The number of nitrogens with one attached hydrogen (secondary N) is 1. The Kier molecular flexibility index (Phi) is 4.77. The summed E-state index contributed by atoms with van der Waals surface area (Å²) < 4.78 is 45.5. The van der Waals surface area contributed by atoms with Crippen LogP contribution in [-0.2, 0) is 16.6 Å². The minimum Gasteiger partial charge on any atom is -0.423 e. The van der Waals surface area contributed by atoms with Crippen LogP contribution in [0.2, 0.25) is 0 Å². The first-order valence-corrected chi connectivity index (χ1v) is 10.1. The lowest BCUT2D eigenvalue weighted by Gasteiger charge is -2.17. The monoisotopic (exact) mass is 413 g/mol. The van der Waals surface area contributed by atoms with Gasteiger partial charge in [-0.3, -0.25) is 5.10 Å². The zero-order valence-corrected chi connectivity index (χ0v) is 16.1. The van der Waals surface area contributed by atoms with E-state index >= 15 is 0 Å². The molecule has 148 valence electrons. The standard InChI is InChI=1S/C20H16FN3O4S/c1-24(12-15-11-22-23-20(15)13-2-5-16(21)6-3-13)29(26,27)17-7-8-18-14(10-17)4-9-19(25)28-18/h2-11H,12H2,1H3,(H,22,23). The highest BCUT2D eigenvalue weighted by Gasteiger charge is 2.23. The second kappa shape index (κ2) is 7.26. The van der Waals surface area contributed by atoms with Crippen LogP contribution in [0, 0.1) is 5.82 Å². The summed E-state index contributed by atoms with van der Waals surface area (Å²) in [5.74, 6) is -0.360. The maximum atomic E-state index is 13.2. The zero-order chi connectivity index (χ0) is 20.6. The fourth-order valence-electron chi connectivity index (χ4n) is 3.01. The summed E-state index contributed by atoms with van der Waals surface area (Å²) in [5.41, 5.74) is 1.78. The molecule has 9 heteroatoms. The van der Waals surface area contributed by atoms with Crippen LogP contribution in [0.4, 0.5) is 4.39 Å². The van der Waals surface area contributed by atoms with Crippen molar-refractivity contribution in [2.75, 3.05) is 7.05 Å². The van der Waals surface area contributed by atoms with Gasteiger partial charge in [-0.05, 0) is 48.5 Å². The van der Waals surface area contributed by atoms with Crippen LogP contribution in [0.25, 0.3) is 22.2 Å². The van der Waals surface area contributed by atoms with Crippen molar-refractivity contribution in [1.29, 1.82) is 0 Å². The summed E-state index contributed by atoms with van der Waals surface area (Å²) in [6, 6.07) is 12.9. The summed E-state index contributed by atoms with van der Waals surface area (Å²) in [4.78, 5) is 11.4. The van der Waals surface area contributed by atoms with Crippen molar-refractivity contribution in [3.63, 3.8) is 0 Å². The molecule has 2 aromatic carbocycles. The summed E-state index contributed by atoms with van der Waals surface area (Å²) in [6.07, 6.45) is 1.54. The van der Waals surface area contributed by atoms with Crippen molar-refractivity contribution >= 4 is 21.0 Å². The summed E-state index contributed by atoms with van der Waals surface area (Å²) in [5, 5.41) is 7.34. The predicted molar refractivity (Wildman–Crippen MR) is 105 cm³/mol. The summed E-state index contributed by atoms with van der Waals surface area (Å²) in [7, 11) is -2.35. The second-order valence-corrected chi connectivity index (χ2v) is 8.54. The lowest BCUT2D eigenvalue weighted by Crippen LogP contribution is -2.26. The number of sulfonamides is 1. The first kappa shape index (κ1) is 19.0. The number of aromatic amines is 1. The molecule has 7 nitrogen and oxygen atoms in total. The molecule has 0 fully saturated rings. The van der Waals surface area contributed by atoms with Gasteiger partial charge in [-0.15, -0.1) is 0 Å². The molecule has 0 bridgehead atoms. The Bertz CT molecular complexity index is 1340. The highest BCUT2D eigenvalue weighted by Crippen LogP contribution is 2.25. The molecule has 4 aromatic rings. The molecule has 0 atom stereocenters. The number of H-pyrrole nitrogens is 1. The number of aromatic nitrogens is 2. The second-order valence-electron chi connectivity index (χ2n) is 6.49. The first-order valence-electron chi connectivity index (χ1n) is 8.63. The number of halogens is 1. The number of fused-ring (bicyclic) bond motifs is 1. The van der Waals surface area contributed by atoms with E-state index in [1.54, 1.807) is 18.3 Å². The van der Waals surface area contributed by atoms with Crippen molar-refractivity contribution in [3.05, 3.63) is 82.6 Å². The van der Waals surface area contributed by atoms with Gasteiger partial charge in [0, 0.05) is 36.2 Å². The van der Waals surface area contributed by atoms with E-state index in [9.17, 15) is 17.6 Å². The smallest absolute Gasteiger partial charge is 0.336 e. The van der Waals surface area contributed by atoms with E-state index in [-0.39, 0.29) is 17.3 Å². The summed E-state index contributed by atoms with van der Waals surface area (Å²) >= 11 is 0. The van der Waals surface area contributed by atoms with Gasteiger partial charge in [0.2, 0.25) is 10.0 Å². The molecular weight excluding hydrogens is 397 g/mol. The SMILES string of the molecule is CN(Cc1cn[nH]c1-c1ccc(F)cc1)S(=O)(=O)c1ccc2oc(=O)ccc2c1. The van der Waals surface area contributed by atoms with Crippen LogP contribution in [0.3, 0.4) is 0 Å². The largest absolute Gasteiger partial charge is 0.423 e. The molecule has 4 rings (SSSR count). The van der Waals surface area contributed by atoms with Crippen molar-refractivity contribution in [3.8, 4) is 11.3 Å². The fourth-order valence-corrected chi connectivity index (χ4v) is 4.20. The van der Waals surface area contributed by atoms with E-state index in [1.165, 1.54) is 53.8 Å². The van der Waals surface area contributed by atoms with Crippen LogP contribution in [0.1, 0.15) is 5.56 Å². The van der Waals surface area contributed by atoms with Gasteiger partial charge in [-0.2, -0.15) is 9.40 Å². The molecule has 0 saturated carbocycles. The van der Waals surface area contributed by atoms with Gasteiger partial charge in [0.25, 0.3) is 0 Å². The third-order valence-corrected chi connectivity index (χ3v) is 6.34. The topological polar surface area (TPSA) is 96.3 Å². The fraction of sp³-hybridized carbons (Fsp3) is 0.100. The highest BCUT2D eigenvalue weighted by molar-refractivity contribution is 7.89. The zero-order valence-electron chi connectivity index (χ0n) is 15.3. The Morgan fingerprint density at radius 3 is 2.62 bits per heavy atom. The van der Waals surface area contributed by atoms with Crippen LogP contribution in [-0.4, -0.2) is 30.0 Å². The third kappa shape index (κ3) is 3.69. The van der Waals surface area contributed by atoms with Gasteiger partial charge < -0.3 is 4.42 Å². The van der Waals surface area contributed by atoms with E-state index in [1.807, 2.05) is 0 Å². The van der Waals surface area contributed by atoms with Crippen LogP contribution in [0.15, 0.2) is 74.9 Å². The number of hydrogen-bond donors (Lipinski definition) is 1. The van der Waals surface area contributed by atoms with Crippen molar-refractivity contribution < 1.29 is 17.2 Å². The van der Waals surface area contributed by atoms with Gasteiger partial charge >= 0.3 is 5.63 Å². The molecule has 0 radical (unpaired) electrons. The maximum Gasteiger partial charge on any atom is 0.336 e. The van der Waals surface area contributed by atoms with Crippen LogP contribution < -0.4 is 5.63 Å². The molecule has 1 N–H and O–H groups in total. The van der Waals surface area contributed by atoms with Crippen LogP contribution in [0.5, 0.6) is 0 Å². The van der Waals surface area contributed by atoms with Gasteiger partial charge in [0.05, 0.1) is 16.8 Å². The number of benzene rings is 2. The average Bonchev–Trinajstić information content (AvgIpc) is 3.16. The molecule has 0 unspecified atom stereocenters. The van der Waals surface area contributed by atoms with E-state index in [4.69, 9.17) is 4.42 Å². The Hall–Kier alpha value is -3.30. The van der Waals surface area contributed by atoms with Crippen molar-refractivity contribution in [2.24, 2.45) is 0 Å². The molecule has 0 amide bonds. The lowest BCUT2D eigenvalue weighted by molar-refractivity contribution is 0.467. The number of rotatable bonds is 5. The first-order chi connectivity index (χ1) is 13.8. The minimum atomic E-state index is -3.81. The predicted octanol–water partition coefficient (Wildman–Crippen LogP) is 3.14. The quantitative estimate of drug-likeness (QED) is 0.507. The molecule has 2 heterocycles. The van der Waals surface area contributed by atoms with Gasteiger partial charge in [-0.1, -0.05) is 0 Å². The Morgan fingerprint density at radius 2 is 1.86 bits per heavy atom. The summed E-state index contributed by atoms with van der Waals surface area (Å²) in [6.45, 7) is 0.0629. The Morgan fingerprint density at radius 1 is 1.10 bits per heavy atom. The van der Waals surface area contributed by atoms with E-state index in [0.717, 1.165) is 0 Å². The average molecular weight is 413 g/mol. The minimum absolute atomic E-state index is 0.0629. The Labute approximate surface area is 165 Å². The molecule has 2 aromatic heterocycles. The number of hydrogen-bond acceptors (Lipinski definition) is 5. The van der Waals surface area contributed by atoms with Gasteiger partial charge in [0.1, 0.15) is 11.4 Å². The highest BCUT2D eigenvalue weighted by atomic mass is 32.2. The molecule has 0 aliphatic heterocycles. The molecule has 29 heavy (non-hydrogen) atoms. The molecule has 0 saturated heterocycles. The van der Waals surface area contributed by atoms with Crippen LogP contribution >= 0.6 is 0 Å². The Balaban J connectivity index is 1.64. The molecule has 0 aliphatic rings. The van der Waals surface area contributed by atoms with E-state index in [0.29, 0.717) is 27.8 Å². The maximum absolute atomic E-state index is 13.2. The number of nitrogens with zero attached hydrogens (tertiary/aromatic N) is 2. The molecule has 0 spiro atoms. The lowest BCUT2D eigenvalue weighted by atomic mass is 10.1.